The summed E-state index contributed by atoms with van der Waals surface area (Å²) in [4.78, 5) is 12.2. The number of Topliss-reactive ketones (excluding diaryl/α,β-unsaturated/α-hetero) is 1. The van der Waals surface area contributed by atoms with E-state index in [9.17, 15) is 9.90 Å². The van der Waals surface area contributed by atoms with Gasteiger partial charge in [0.05, 0.1) is 6.10 Å². The predicted molar refractivity (Wildman–Crippen MR) is 96.5 cm³/mol. The molecule has 4 rings (SSSR count). The van der Waals surface area contributed by atoms with E-state index >= 15 is 0 Å². The highest BCUT2D eigenvalue weighted by Crippen LogP contribution is 2.68. The lowest BCUT2D eigenvalue weighted by Gasteiger charge is -2.62. The van der Waals surface area contributed by atoms with Crippen LogP contribution < -0.4 is 0 Å². The van der Waals surface area contributed by atoms with E-state index in [4.69, 9.17) is 0 Å². The predicted octanol–water partition coefficient (Wildman–Crippen LogP) is 4.84. The number of aliphatic hydroxyl groups excluding tert-OH is 1. The van der Waals surface area contributed by atoms with Crippen LogP contribution in [-0.4, -0.2) is 17.0 Å². The molecule has 4 saturated carbocycles. The zero-order valence-corrected chi connectivity index (χ0v) is 16.1. The smallest absolute Gasteiger partial charge is 0.133 e. The van der Waals surface area contributed by atoms with Crippen molar-refractivity contribution < 1.29 is 9.90 Å². The minimum atomic E-state index is -0.0653. The standard InChI is InChI=1S/C22H36O2/c1-13-11-16-18-6-5-17(14(2)23)21(18,3)10-8-19(16)22(4)9-7-15(24)12-20(13)22/h13,15-20,24H,5-12H2,1-4H3/t13-,15-,16?,17-,18?,19?,20-,21-,22-/m1/s1. The Morgan fingerprint density at radius 3 is 2.29 bits per heavy atom. The fraction of sp³-hybridized carbons (Fsp3) is 0.955. The Morgan fingerprint density at radius 2 is 1.58 bits per heavy atom. The molecule has 0 amide bonds. The summed E-state index contributed by atoms with van der Waals surface area (Å²) in [6.45, 7) is 9.27. The summed E-state index contributed by atoms with van der Waals surface area (Å²) in [6, 6.07) is 0. The van der Waals surface area contributed by atoms with Crippen molar-refractivity contribution in [2.45, 2.75) is 85.2 Å². The molecule has 3 unspecified atom stereocenters. The molecule has 0 aromatic rings. The van der Waals surface area contributed by atoms with Gasteiger partial charge in [-0.25, -0.2) is 0 Å². The summed E-state index contributed by atoms with van der Waals surface area (Å²) >= 11 is 0. The van der Waals surface area contributed by atoms with E-state index in [-0.39, 0.29) is 11.5 Å². The topological polar surface area (TPSA) is 37.3 Å². The molecule has 0 bridgehead atoms. The summed E-state index contributed by atoms with van der Waals surface area (Å²) in [5.74, 6) is 4.60. The Morgan fingerprint density at radius 1 is 0.917 bits per heavy atom. The highest BCUT2D eigenvalue weighted by molar-refractivity contribution is 5.79. The van der Waals surface area contributed by atoms with Crippen LogP contribution in [0.1, 0.15) is 79.1 Å². The van der Waals surface area contributed by atoms with Crippen molar-refractivity contribution in [3.05, 3.63) is 0 Å². The molecule has 9 atom stereocenters. The average molecular weight is 333 g/mol. The molecular weight excluding hydrogens is 296 g/mol. The molecule has 4 fully saturated rings. The Balaban J connectivity index is 1.65. The monoisotopic (exact) mass is 332 g/mol. The first-order chi connectivity index (χ1) is 11.3. The molecule has 2 heteroatoms. The van der Waals surface area contributed by atoms with Gasteiger partial charge in [0.2, 0.25) is 0 Å². The second-order valence-electron chi connectivity index (χ2n) is 10.4. The molecule has 136 valence electrons. The van der Waals surface area contributed by atoms with Gasteiger partial charge in [-0.1, -0.05) is 20.8 Å². The van der Waals surface area contributed by atoms with E-state index in [2.05, 4.69) is 20.8 Å². The first-order valence-corrected chi connectivity index (χ1v) is 10.5. The normalized spacial score (nSPS) is 57.0. The summed E-state index contributed by atoms with van der Waals surface area (Å²) in [5.41, 5.74) is 0.696. The van der Waals surface area contributed by atoms with E-state index in [1.165, 1.54) is 32.1 Å². The molecule has 0 aliphatic heterocycles. The molecule has 24 heavy (non-hydrogen) atoms. The van der Waals surface area contributed by atoms with Gasteiger partial charge >= 0.3 is 0 Å². The van der Waals surface area contributed by atoms with Gasteiger partial charge < -0.3 is 5.11 Å². The Hall–Kier alpha value is -0.370. The molecule has 4 aliphatic rings. The summed E-state index contributed by atoms with van der Waals surface area (Å²) in [6.07, 6.45) is 9.49. The van der Waals surface area contributed by atoms with Crippen molar-refractivity contribution >= 4 is 5.78 Å². The number of hydrogen-bond acceptors (Lipinski definition) is 2. The molecule has 0 saturated heterocycles. The quantitative estimate of drug-likeness (QED) is 0.746. The maximum Gasteiger partial charge on any atom is 0.133 e. The van der Waals surface area contributed by atoms with Crippen molar-refractivity contribution in [3.63, 3.8) is 0 Å². The van der Waals surface area contributed by atoms with Gasteiger partial charge in [-0.3, -0.25) is 4.79 Å². The number of carbonyl (C=O) groups excluding carboxylic acids is 1. The van der Waals surface area contributed by atoms with Crippen LogP contribution in [0.2, 0.25) is 0 Å². The maximum absolute atomic E-state index is 12.2. The SMILES string of the molecule is CC(=O)[C@H]1CCC2C3C[C@@H](C)[C@H]4C[C@H](O)CC[C@]4(C)C3CC[C@@]21C. The number of aliphatic hydroxyl groups is 1. The second kappa shape index (κ2) is 5.56. The number of hydrogen-bond donors (Lipinski definition) is 1. The van der Waals surface area contributed by atoms with Gasteiger partial charge in [0, 0.05) is 5.92 Å². The van der Waals surface area contributed by atoms with Crippen molar-refractivity contribution in [1.82, 2.24) is 0 Å². The van der Waals surface area contributed by atoms with E-state index in [0.717, 1.165) is 42.9 Å². The van der Waals surface area contributed by atoms with E-state index in [1.54, 1.807) is 0 Å². The molecule has 0 aromatic carbocycles. The summed E-state index contributed by atoms with van der Waals surface area (Å²) in [7, 11) is 0. The lowest BCUT2D eigenvalue weighted by Crippen LogP contribution is -2.56. The molecule has 0 heterocycles. The number of carbonyl (C=O) groups is 1. The highest BCUT2D eigenvalue weighted by atomic mass is 16.3. The van der Waals surface area contributed by atoms with Crippen molar-refractivity contribution in [3.8, 4) is 0 Å². The minimum Gasteiger partial charge on any atom is -0.393 e. The second-order valence-corrected chi connectivity index (χ2v) is 10.4. The van der Waals surface area contributed by atoms with Crippen LogP contribution in [0.3, 0.4) is 0 Å². The lowest BCUT2D eigenvalue weighted by molar-refractivity contribution is -0.151. The van der Waals surface area contributed by atoms with E-state index in [1.807, 2.05) is 6.92 Å². The van der Waals surface area contributed by atoms with Crippen LogP contribution >= 0.6 is 0 Å². The fourth-order valence-corrected chi connectivity index (χ4v) is 8.38. The van der Waals surface area contributed by atoms with E-state index in [0.29, 0.717) is 23.0 Å². The molecule has 4 aliphatic carbocycles. The first-order valence-electron chi connectivity index (χ1n) is 10.5. The van der Waals surface area contributed by atoms with Crippen LogP contribution in [0.25, 0.3) is 0 Å². The number of fused-ring (bicyclic) bond motifs is 5. The third-order valence-electron chi connectivity index (χ3n) is 9.50. The largest absolute Gasteiger partial charge is 0.393 e. The minimum absolute atomic E-state index is 0.0653. The molecule has 0 aromatic heterocycles. The lowest BCUT2D eigenvalue weighted by atomic mass is 9.43. The highest BCUT2D eigenvalue weighted by Gasteiger charge is 2.61. The van der Waals surface area contributed by atoms with Gasteiger partial charge in [0.25, 0.3) is 0 Å². The average Bonchev–Trinajstić information content (AvgIpc) is 2.87. The molecule has 1 N–H and O–H groups in total. The van der Waals surface area contributed by atoms with Crippen LogP contribution in [0.15, 0.2) is 0 Å². The van der Waals surface area contributed by atoms with Crippen molar-refractivity contribution in [2.75, 3.05) is 0 Å². The fourth-order valence-electron chi connectivity index (χ4n) is 8.38. The molecule has 2 nitrogen and oxygen atoms in total. The number of rotatable bonds is 1. The molecule has 0 spiro atoms. The Bertz CT molecular complexity index is 528. The zero-order valence-electron chi connectivity index (χ0n) is 16.1. The number of ketones is 1. The van der Waals surface area contributed by atoms with Gasteiger partial charge in [0.15, 0.2) is 0 Å². The van der Waals surface area contributed by atoms with Crippen molar-refractivity contribution in [2.24, 2.45) is 46.3 Å². The third kappa shape index (κ3) is 2.20. The Kier molecular flexibility index (Phi) is 3.95. The maximum atomic E-state index is 12.2. The van der Waals surface area contributed by atoms with Gasteiger partial charge in [-0.05, 0) is 98.7 Å². The van der Waals surface area contributed by atoms with Gasteiger partial charge in [-0.15, -0.1) is 0 Å². The van der Waals surface area contributed by atoms with Gasteiger partial charge in [0.1, 0.15) is 5.78 Å². The molecule has 0 radical (unpaired) electrons. The van der Waals surface area contributed by atoms with E-state index < -0.39 is 0 Å². The zero-order chi connectivity index (χ0) is 17.3. The van der Waals surface area contributed by atoms with Crippen LogP contribution in [0.4, 0.5) is 0 Å². The van der Waals surface area contributed by atoms with Gasteiger partial charge in [-0.2, -0.15) is 0 Å². The van der Waals surface area contributed by atoms with Crippen LogP contribution in [0.5, 0.6) is 0 Å². The summed E-state index contributed by atoms with van der Waals surface area (Å²) < 4.78 is 0. The van der Waals surface area contributed by atoms with Crippen molar-refractivity contribution in [1.29, 1.82) is 0 Å². The Labute approximate surface area is 147 Å². The molecular formula is C22H36O2. The summed E-state index contributed by atoms with van der Waals surface area (Å²) in [5, 5.41) is 10.2. The van der Waals surface area contributed by atoms with Crippen LogP contribution in [0, 0.1) is 46.3 Å². The third-order valence-corrected chi connectivity index (χ3v) is 9.50. The van der Waals surface area contributed by atoms with Crippen LogP contribution in [-0.2, 0) is 4.79 Å². The first kappa shape index (κ1) is 17.1.